The third-order valence-corrected chi connectivity index (χ3v) is 7.96. The Morgan fingerprint density at radius 2 is 1.84 bits per heavy atom. The molecule has 1 aliphatic rings. The van der Waals surface area contributed by atoms with Crippen molar-refractivity contribution in [2.75, 3.05) is 6.61 Å². The average molecular weight is 437 g/mol. The summed E-state index contributed by atoms with van der Waals surface area (Å²) in [6.07, 6.45) is 8.51. The summed E-state index contributed by atoms with van der Waals surface area (Å²) in [5.41, 5.74) is 0.0423. The van der Waals surface area contributed by atoms with Gasteiger partial charge in [-0.2, -0.15) is 0 Å². The molecule has 0 radical (unpaired) electrons. The second-order valence-electron chi connectivity index (χ2n) is 10.9. The van der Waals surface area contributed by atoms with Gasteiger partial charge in [0.15, 0.2) is 0 Å². The maximum Gasteiger partial charge on any atom is 0.316 e. The van der Waals surface area contributed by atoms with E-state index in [1.807, 2.05) is 27.7 Å². The Bertz CT molecular complexity index is 621. The van der Waals surface area contributed by atoms with E-state index in [4.69, 9.17) is 9.47 Å². The Morgan fingerprint density at radius 1 is 1.19 bits per heavy atom. The van der Waals surface area contributed by atoms with Gasteiger partial charge in [0.1, 0.15) is 5.60 Å². The number of carbonyl (C=O) groups is 2. The lowest BCUT2D eigenvalue weighted by molar-refractivity contribution is -0.165. The first-order valence-corrected chi connectivity index (χ1v) is 12.4. The fourth-order valence-corrected chi connectivity index (χ4v) is 5.35. The molecular weight excluding hydrogens is 388 g/mol. The fraction of sp³-hybridized carbons (Fsp3) is 0.852. The van der Waals surface area contributed by atoms with E-state index in [9.17, 15) is 9.59 Å². The molecule has 0 aromatic carbocycles. The van der Waals surface area contributed by atoms with Crippen LogP contribution in [0.3, 0.4) is 0 Å². The molecule has 4 heteroatoms. The lowest BCUT2D eigenvalue weighted by atomic mass is 9.70. The van der Waals surface area contributed by atoms with Gasteiger partial charge in [-0.15, -0.1) is 0 Å². The minimum Gasteiger partial charge on any atom is -0.465 e. The number of ether oxygens (including phenoxy) is 2. The van der Waals surface area contributed by atoms with Gasteiger partial charge >= 0.3 is 11.9 Å². The summed E-state index contributed by atoms with van der Waals surface area (Å²) in [4.78, 5) is 25.3. The van der Waals surface area contributed by atoms with Crippen molar-refractivity contribution in [3.63, 3.8) is 0 Å². The quantitative estimate of drug-likeness (QED) is 0.148. The normalized spacial score (nSPS) is 24.2. The molecule has 0 aliphatic heterocycles. The van der Waals surface area contributed by atoms with Gasteiger partial charge < -0.3 is 9.47 Å². The van der Waals surface area contributed by atoms with Crippen LogP contribution in [0.2, 0.25) is 0 Å². The van der Waals surface area contributed by atoms with Crippen LogP contribution in [-0.4, -0.2) is 24.1 Å². The highest BCUT2D eigenvalue weighted by Gasteiger charge is 2.42. The van der Waals surface area contributed by atoms with Gasteiger partial charge in [0, 0.05) is 6.42 Å². The van der Waals surface area contributed by atoms with Crippen LogP contribution in [0.5, 0.6) is 0 Å². The maximum atomic E-state index is 12.8. The highest BCUT2D eigenvalue weighted by molar-refractivity contribution is 5.80. The number of esters is 2. The van der Waals surface area contributed by atoms with E-state index in [1.54, 1.807) is 0 Å². The third kappa shape index (κ3) is 7.08. The zero-order valence-corrected chi connectivity index (χ0v) is 21.6. The van der Waals surface area contributed by atoms with Gasteiger partial charge in [-0.25, -0.2) is 0 Å². The Morgan fingerprint density at radius 3 is 2.35 bits per heavy atom. The van der Waals surface area contributed by atoms with E-state index in [2.05, 4.69) is 34.3 Å². The van der Waals surface area contributed by atoms with Gasteiger partial charge in [-0.05, 0) is 70.1 Å². The highest BCUT2D eigenvalue weighted by atomic mass is 16.6. The summed E-state index contributed by atoms with van der Waals surface area (Å²) in [6, 6.07) is 0. The van der Waals surface area contributed by atoms with Crippen molar-refractivity contribution in [2.24, 2.45) is 22.7 Å². The van der Waals surface area contributed by atoms with E-state index in [1.165, 1.54) is 25.7 Å². The molecular formula is C27H48O4. The summed E-state index contributed by atoms with van der Waals surface area (Å²) in [5, 5.41) is 0. The zero-order chi connectivity index (χ0) is 23.9. The molecule has 0 spiro atoms. The van der Waals surface area contributed by atoms with Crippen molar-refractivity contribution < 1.29 is 19.1 Å². The molecule has 0 amide bonds. The van der Waals surface area contributed by atoms with Crippen LogP contribution < -0.4 is 0 Å². The fourth-order valence-electron chi connectivity index (χ4n) is 5.35. The average Bonchev–Trinajstić information content (AvgIpc) is 2.88. The molecule has 0 N–H and O–H groups in total. The predicted octanol–water partition coefficient (Wildman–Crippen LogP) is 7.26. The minimum atomic E-state index is -0.659. The SMILES string of the molecule is C=C(C)C(CC)(C(=O)OCCCC(=O)OC(C)(C)C1CCCCC(C)(CC)C1)C(C)C. The third-order valence-electron chi connectivity index (χ3n) is 7.96. The van der Waals surface area contributed by atoms with Gasteiger partial charge in [-0.1, -0.05) is 66.0 Å². The molecule has 0 bridgehead atoms. The predicted molar refractivity (Wildman–Crippen MR) is 128 cm³/mol. The molecule has 0 aromatic heterocycles. The second-order valence-corrected chi connectivity index (χ2v) is 10.9. The molecule has 1 rings (SSSR count). The molecule has 0 heterocycles. The number of rotatable bonds is 11. The summed E-state index contributed by atoms with van der Waals surface area (Å²) in [7, 11) is 0. The van der Waals surface area contributed by atoms with Crippen molar-refractivity contribution in [3.05, 3.63) is 12.2 Å². The van der Waals surface area contributed by atoms with Crippen LogP contribution >= 0.6 is 0 Å². The standard InChI is InChI=1S/C27H48O4/c1-10-26(9)17-13-12-15-22(19-26)25(7,8)31-23(28)16-14-18-30-24(29)27(11-2,20(3)4)21(5)6/h21-22H,3,10-19H2,1-2,4-9H3. The zero-order valence-electron chi connectivity index (χ0n) is 21.6. The topological polar surface area (TPSA) is 52.6 Å². The molecule has 0 aromatic rings. The van der Waals surface area contributed by atoms with Crippen LogP contribution in [-0.2, 0) is 19.1 Å². The number of hydrogen-bond acceptors (Lipinski definition) is 4. The molecule has 180 valence electrons. The van der Waals surface area contributed by atoms with E-state index >= 15 is 0 Å². The number of hydrogen-bond donors (Lipinski definition) is 0. The molecule has 1 saturated carbocycles. The molecule has 4 nitrogen and oxygen atoms in total. The van der Waals surface area contributed by atoms with E-state index in [0.29, 0.717) is 24.2 Å². The van der Waals surface area contributed by atoms with Crippen molar-refractivity contribution in [3.8, 4) is 0 Å². The van der Waals surface area contributed by atoms with Crippen LogP contribution in [0.15, 0.2) is 12.2 Å². The second kappa shape index (κ2) is 11.5. The Labute approximate surface area is 191 Å². The molecule has 3 unspecified atom stereocenters. The minimum absolute atomic E-state index is 0.113. The lowest BCUT2D eigenvalue weighted by Crippen LogP contribution is -2.39. The Kier molecular flexibility index (Phi) is 10.3. The summed E-state index contributed by atoms with van der Waals surface area (Å²) in [5.74, 6) is 0.0627. The van der Waals surface area contributed by atoms with E-state index in [0.717, 1.165) is 18.4 Å². The molecule has 1 aliphatic carbocycles. The van der Waals surface area contributed by atoms with Crippen molar-refractivity contribution >= 4 is 11.9 Å². The van der Waals surface area contributed by atoms with Crippen LogP contribution in [0.4, 0.5) is 0 Å². The van der Waals surface area contributed by atoms with Gasteiger partial charge in [-0.3, -0.25) is 9.59 Å². The monoisotopic (exact) mass is 436 g/mol. The Balaban J connectivity index is 2.57. The summed E-state index contributed by atoms with van der Waals surface area (Å²) < 4.78 is 11.5. The van der Waals surface area contributed by atoms with Crippen molar-refractivity contribution in [1.82, 2.24) is 0 Å². The molecule has 3 atom stereocenters. The number of carbonyl (C=O) groups excluding carboxylic acids is 2. The Hall–Kier alpha value is -1.32. The van der Waals surface area contributed by atoms with Gasteiger partial charge in [0.25, 0.3) is 0 Å². The summed E-state index contributed by atoms with van der Waals surface area (Å²) >= 11 is 0. The van der Waals surface area contributed by atoms with Crippen molar-refractivity contribution in [1.29, 1.82) is 0 Å². The van der Waals surface area contributed by atoms with Crippen LogP contribution in [0, 0.1) is 22.7 Å². The van der Waals surface area contributed by atoms with E-state index in [-0.39, 0.29) is 30.9 Å². The van der Waals surface area contributed by atoms with Crippen LogP contribution in [0.1, 0.15) is 113 Å². The van der Waals surface area contributed by atoms with Gasteiger partial charge in [0.2, 0.25) is 0 Å². The first kappa shape index (κ1) is 27.7. The van der Waals surface area contributed by atoms with Gasteiger partial charge in [0.05, 0.1) is 12.0 Å². The smallest absolute Gasteiger partial charge is 0.316 e. The first-order valence-electron chi connectivity index (χ1n) is 12.4. The van der Waals surface area contributed by atoms with Crippen molar-refractivity contribution in [2.45, 2.75) is 119 Å². The largest absolute Gasteiger partial charge is 0.465 e. The summed E-state index contributed by atoms with van der Waals surface area (Å²) in [6.45, 7) is 20.9. The molecule has 1 fully saturated rings. The molecule has 0 saturated heterocycles. The van der Waals surface area contributed by atoms with Crippen LogP contribution in [0.25, 0.3) is 0 Å². The lowest BCUT2D eigenvalue weighted by Gasteiger charge is -2.38. The highest BCUT2D eigenvalue weighted by Crippen LogP contribution is 2.44. The first-order chi connectivity index (χ1) is 14.3. The molecule has 31 heavy (non-hydrogen) atoms. The van der Waals surface area contributed by atoms with E-state index < -0.39 is 11.0 Å². The maximum absolute atomic E-state index is 12.8.